The summed E-state index contributed by atoms with van der Waals surface area (Å²) < 4.78 is 5.29. The highest BCUT2D eigenvalue weighted by Gasteiger charge is 2.14. The van der Waals surface area contributed by atoms with E-state index >= 15 is 0 Å². The molecule has 0 saturated carbocycles. The summed E-state index contributed by atoms with van der Waals surface area (Å²) in [7, 11) is 1.57. The van der Waals surface area contributed by atoms with Crippen molar-refractivity contribution in [3.63, 3.8) is 0 Å². The van der Waals surface area contributed by atoms with Crippen LogP contribution in [0, 0.1) is 0 Å². The fourth-order valence-corrected chi connectivity index (χ4v) is 3.05. The molecular weight excluding hydrogens is 324 g/mol. The molecule has 3 aromatic carbocycles. The molecule has 0 atom stereocenters. The molecule has 0 aromatic heterocycles. The van der Waals surface area contributed by atoms with Crippen LogP contribution in [0.4, 0.5) is 11.4 Å². The summed E-state index contributed by atoms with van der Waals surface area (Å²) in [6.07, 6.45) is 1.92. The number of aliphatic imine (C=N–C) groups is 1. The summed E-state index contributed by atoms with van der Waals surface area (Å²) in [5, 5.41) is 5.15. The summed E-state index contributed by atoms with van der Waals surface area (Å²) in [6.45, 7) is 7.39. The number of nitrogens with one attached hydrogen (secondary N) is 1. The van der Waals surface area contributed by atoms with Gasteiger partial charge in [0.15, 0.2) is 0 Å². The number of rotatable bonds is 6. The van der Waals surface area contributed by atoms with Crippen LogP contribution in [-0.4, -0.2) is 19.7 Å². The zero-order valence-corrected chi connectivity index (χ0v) is 14.7. The van der Waals surface area contributed by atoms with Crippen LogP contribution in [0.1, 0.15) is 11.1 Å². The van der Waals surface area contributed by atoms with Gasteiger partial charge >= 0.3 is 0 Å². The lowest BCUT2D eigenvalue weighted by molar-refractivity contribution is -0.115. The van der Waals surface area contributed by atoms with E-state index in [1.807, 2.05) is 42.5 Å². The minimum absolute atomic E-state index is 0.107. The molecule has 0 unspecified atom stereocenters. The van der Waals surface area contributed by atoms with Crippen LogP contribution >= 0.6 is 0 Å². The average molecular weight is 344 g/mol. The van der Waals surface area contributed by atoms with Crippen LogP contribution in [0.25, 0.3) is 16.8 Å². The zero-order valence-electron chi connectivity index (χ0n) is 14.7. The van der Waals surface area contributed by atoms with Crippen molar-refractivity contribution in [2.45, 2.75) is 6.42 Å². The van der Waals surface area contributed by atoms with E-state index < -0.39 is 0 Å². The fraction of sp³-hybridized carbons (Fsp3) is 0.0909. The monoisotopic (exact) mass is 344 g/mol. The van der Waals surface area contributed by atoms with Crippen LogP contribution < -0.4 is 10.1 Å². The molecule has 3 rings (SSSR count). The van der Waals surface area contributed by atoms with Gasteiger partial charge in [-0.3, -0.25) is 9.79 Å². The molecule has 0 bridgehead atoms. The van der Waals surface area contributed by atoms with Gasteiger partial charge < -0.3 is 10.1 Å². The summed E-state index contributed by atoms with van der Waals surface area (Å²) in [5.41, 5.74) is 2.86. The van der Waals surface area contributed by atoms with Gasteiger partial charge in [0.05, 0.1) is 19.2 Å². The van der Waals surface area contributed by atoms with E-state index in [-0.39, 0.29) is 12.3 Å². The molecule has 0 fully saturated rings. The van der Waals surface area contributed by atoms with Gasteiger partial charge in [0.1, 0.15) is 11.4 Å². The second-order valence-corrected chi connectivity index (χ2v) is 5.80. The van der Waals surface area contributed by atoms with Crippen LogP contribution in [0.2, 0.25) is 0 Å². The molecule has 0 heterocycles. The number of methoxy groups -OCH3 is 1. The number of carbonyl (C=O) groups excluding carboxylic acids is 1. The van der Waals surface area contributed by atoms with E-state index in [0.29, 0.717) is 22.7 Å². The maximum absolute atomic E-state index is 12.6. The summed E-state index contributed by atoms with van der Waals surface area (Å²) in [5.74, 6) is 0.478. The largest absolute Gasteiger partial charge is 0.494 e. The highest BCUT2D eigenvalue weighted by molar-refractivity contribution is 5.98. The maximum Gasteiger partial charge on any atom is 0.228 e. The van der Waals surface area contributed by atoms with Crippen molar-refractivity contribution in [3.8, 4) is 5.75 Å². The molecule has 0 aliphatic heterocycles. The molecule has 0 saturated heterocycles. The number of benzene rings is 3. The third kappa shape index (κ3) is 3.35. The van der Waals surface area contributed by atoms with Crippen molar-refractivity contribution in [3.05, 3.63) is 72.3 Å². The van der Waals surface area contributed by atoms with Crippen molar-refractivity contribution in [2.24, 2.45) is 4.99 Å². The number of hydrogen-bond acceptors (Lipinski definition) is 3. The number of nitrogens with zero attached hydrogens (tertiary/aromatic N) is 1. The standard InChI is InChI=1S/C22H20N2O2/c1-4-17-19(12-13-20(26-3)22(17)23-2)24-21(25)14-16-10-7-9-15-8-5-6-11-18(15)16/h4-13H,1-2,14H2,3H3,(H,24,25). The van der Waals surface area contributed by atoms with Gasteiger partial charge in [-0.25, -0.2) is 0 Å². The van der Waals surface area contributed by atoms with E-state index in [9.17, 15) is 4.79 Å². The first-order valence-corrected chi connectivity index (χ1v) is 8.24. The van der Waals surface area contributed by atoms with Crippen molar-refractivity contribution in [2.75, 3.05) is 12.4 Å². The van der Waals surface area contributed by atoms with Crippen LogP contribution in [0.15, 0.2) is 66.2 Å². The van der Waals surface area contributed by atoms with Crippen molar-refractivity contribution in [1.29, 1.82) is 0 Å². The summed E-state index contributed by atoms with van der Waals surface area (Å²) >= 11 is 0. The third-order valence-electron chi connectivity index (χ3n) is 4.27. The average Bonchev–Trinajstić information content (AvgIpc) is 2.67. The second-order valence-electron chi connectivity index (χ2n) is 5.80. The molecule has 1 N–H and O–H groups in total. The molecule has 1 amide bonds. The first kappa shape index (κ1) is 17.4. The van der Waals surface area contributed by atoms with Gasteiger partial charge in [0.25, 0.3) is 0 Å². The molecule has 3 aromatic rings. The predicted octanol–water partition coefficient (Wildman–Crippen LogP) is 5.00. The molecule has 130 valence electrons. The predicted molar refractivity (Wildman–Crippen MR) is 109 cm³/mol. The number of carbonyl (C=O) groups is 1. The second kappa shape index (κ2) is 7.66. The van der Waals surface area contributed by atoms with Gasteiger partial charge in [-0.05, 0) is 35.2 Å². The SMILES string of the molecule is C=Cc1c(NC(=O)Cc2cccc3ccccc23)ccc(OC)c1N=C. The normalized spacial score (nSPS) is 10.3. The van der Waals surface area contributed by atoms with Gasteiger partial charge in [-0.1, -0.05) is 55.1 Å². The quantitative estimate of drug-likeness (QED) is 0.639. The van der Waals surface area contributed by atoms with Gasteiger partial charge in [-0.2, -0.15) is 0 Å². The minimum atomic E-state index is -0.107. The molecular formula is C22H20N2O2. The van der Waals surface area contributed by atoms with Crippen molar-refractivity contribution >= 4 is 40.8 Å². The summed E-state index contributed by atoms with van der Waals surface area (Å²) in [6, 6.07) is 17.6. The van der Waals surface area contributed by atoms with Gasteiger partial charge in [0, 0.05) is 5.56 Å². The highest BCUT2D eigenvalue weighted by atomic mass is 16.5. The van der Waals surface area contributed by atoms with Crippen LogP contribution in [0.3, 0.4) is 0 Å². The topological polar surface area (TPSA) is 50.7 Å². The lowest BCUT2D eigenvalue weighted by Gasteiger charge is -2.14. The lowest BCUT2D eigenvalue weighted by Crippen LogP contribution is -2.15. The Hall–Kier alpha value is -3.40. The van der Waals surface area contributed by atoms with Gasteiger partial charge in [0.2, 0.25) is 5.91 Å². The van der Waals surface area contributed by atoms with E-state index in [1.54, 1.807) is 25.3 Å². The maximum atomic E-state index is 12.6. The van der Waals surface area contributed by atoms with E-state index in [1.165, 1.54) is 0 Å². The van der Waals surface area contributed by atoms with Crippen LogP contribution in [-0.2, 0) is 11.2 Å². The van der Waals surface area contributed by atoms with Crippen molar-refractivity contribution < 1.29 is 9.53 Å². The number of amides is 1. The van der Waals surface area contributed by atoms with Crippen molar-refractivity contribution in [1.82, 2.24) is 0 Å². The Morgan fingerprint density at radius 3 is 2.65 bits per heavy atom. The molecule has 0 aliphatic carbocycles. The molecule has 26 heavy (non-hydrogen) atoms. The third-order valence-corrected chi connectivity index (χ3v) is 4.27. The molecule has 0 radical (unpaired) electrons. The fourth-order valence-electron chi connectivity index (χ4n) is 3.05. The summed E-state index contributed by atoms with van der Waals surface area (Å²) in [4.78, 5) is 16.6. The molecule has 0 spiro atoms. The van der Waals surface area contributed by atoms with E-state index in [4.69, 9.17) is 4.74 Å². The smallest absolute Gasteiger partial charge is 0.228 e. The number of anilines is 1. The lowest BCUT2D eigenvalue weighted by atomic mass is 10.0. The first-order valence-electron chi connectivity index (χ1n) is 8.24. The number of ether oxygens (including phenoxy) is 1. The van der Waals surface area contributed by atoms with Crippen LogP contribution in [0.5, 0.6) is 5.75 Å². The first-order chi connectivity index (χ1) is 12.7. The Morgan fingerprint density at radius 1 is 1.15 bits per heavy atom. The molecule has 0 aliphatic rings. The Kier molecular flexibility index (Phi) is 5.13. The van der Waals surface area contributed by atoms with E-state index in [2.05, 4.69) is 23.6 Å². The Bertz CT molecular complexity index is 987. The number of hydrogen-bond donors (Lipinski definition) is 1. The Morgan fingerprint density at radius 2 is 1.92 bits per heavy atom. The minimum Gasteiger partial charge on any atom is -0.494 e. The number of fused-ring (bicyclic) bond motifs is 1. The Balaban J connectivity index is 1.88. The zero-order chi connectivity index (χ0) is 18.5. The Labute approximate surface area is 152 Å². The van der Waals surface area contributed by atoms with E-state index in [0.717, 1.165) is 16.3 Å². The molecule has 4 nitrogen and oxygen atoms in total. The van der Waals surface area contributed by atoms with Gasteiger partial charge in [-0.15, -0.1) is 0 Å². The molecule has 4 heteroatoms. The highest BCUT2D eigenvalue weighted by Crippen LogP contribution is 2.37.